The van der Waals surface area contributed by atoms with E-state index in [1.165, 1.54) is 32.1 Å². The van der Waals surface area contributed by atoms with Crippen molar-refractivity contribution in [3.8, 4) is 0 Å². The second-order valence-electron chi connectivity index (χ2n) is 4.12. The van der Waals surface area contributed by atoms with Crippen LogP contribution in [0.5, 0.6) is 0 Å². The van der Waals surface area contributed by atoms with Crippen molar-refractivity contribution in [3.63, 3.8) is 0 Å². The zero-order valence-corrected chi connectivity index (χ0v) is 9.89. The molecule has 1 aliphatic carbocycles. The molecule has 1 N–H and O–H groups in total. The molecule has 0 bridgehead atoms. The van der Waals surface area contributed by atoms with Gasteiger partial charge < -0.3 is 5.11 Å². The Morgan fingerprint density at radius 2 is 1.92 bits per heavy atom. The van der Waals surface area contributed by atoms with Gasteiger partial charge in [-0.3, -0.25) is 0 Å². The summed E-state index contributed by atoms with van der Waals surface area (Å²) >= 11 is 3.35. The van der Waals surface area contributed by atoms with Gasteiger partial charge in [0.2, 0.25) is 0 Å². The van der Waals surface area contributed by atoms with E-state index in [1.54, 1.807) is 0 Å². The van der Waals surface area contributed by atoms with Gasteiger partial charge in [-0.15, -0.1) is 0 Å². The number of aliphatic hydroxyl groups excluding tert-OH is 1. The van der Waals surface area contributed by atoms with E-state index in [0.717, 1.165) is 4.48 Å². The van der Waals surface area contributed by atoms with Crippen LogP contribution in [-0.2, 0) is 0 Å². The number of hydrogen-bond donors (Lipinski definition) is 1. The van der Waals surface area contributed by atoms with Crippen molar-refractivity contribution >= 4 is 15.9 Å². The van der Waals surface area contributed by atoms with Gasteiger partial charge in [-0.2, -0.15) is 0 Å². The molecule has 0 aromatic carbocycles. The molecule has 0 heterocycles. The van der Waals surface area contributed by atoms with Gasteiger partial charge in [0.05, 0.1) is 6.10 Å². The maximum absolute atomic E-state index is 10.0. The number of rotatable bonds is 3. The molecule has 76 valence electrons. The summed E-state index contributed by atoms with van der Waals surface area (Å²) in [6.07, 6.45) is 6.07. The fraction of sp³-hybridized carbons (Fsp3) is 0.818. The summed E-state index contributed by atoms with van der Waals surface area (Å²) in [4.78, 5) is 0. The van der Waals surface area contributed by atoms with Gasteiger partial charge in [0, 0.05) is 5.92 Å². The van der Waals surface area contributed by atoms with Crippen molar-refractivity contribution in [2.45, 2.75) is 45.1 Å². The highest BCUT2D eigenvalue weighted by atomic mass is 79.9. The van der Waals surface area contributed by atoms with Crippen molar-refractivity contribution in [1.29, 1.82) is 0 Å². The summed E-state index contributed by atoms with van der Waals surface area (Å²) in [5, 5.41) is 10.0. The Labute approximate surface area is 89.4 Å². The van der Waals surface area contributed by atoms with E-state index in [4.69, 9.17) is 0 Å². The largest absolute Gasteiger partial charge is 0.392 e. The van der Waals surface area contributed by atoms with Crippen molar-refractivity contribution < 1.29 is 5.11 Å². The predicted molar refractivity (Wildman–Crippen MR) is 59.8 cm³/mol. The first-order chi connectivity index (χ1) is 6.13. The van der Waals surface area contributed by atoms with E-state index in [9.17, 15) is 5.11 Å². The lowest BCUT2D eigenvalue weighted by atomic mass is 9.81. The normalized spacial score (nSPS) is 23.9. The standard InChI is InChI=1S/C11H19BrO/c1-8(9(2)12)11(13)10-6-4-3-5-7-10/h8,10-11,13H,2-7H2,1H3/t8-,11-/m0/s1. The molecular weight excluding hydrogens is 228 g/mol. The fourth-order valence-corrected chi connectivity index (χ4v) is 2.34. The summed E-state index contributed by atoms with van der Waals surface area (Å²) in [5.74, 6) is 0.682. The molecule has 0 aromatic rings. The van der Waals surface area contributed by atoms with Gasteiger partial charge in [0.15, 0.2) is 0 Å². The molecule has 13 heavy (non-hydrogen) atoms. The topological polar surface area (TPSA) is 20.2 Å². The highest BCUT2D eigenvalue weighted by Crippen LogP contribution is 2.32. The van der Waals surface area contributed by atoms with E-state index in [2.05, 4.69) is 22.5 Å². The van der Waals surface area contributed by atoms with Gasteiger partial charge >= 0.3 is 0 Å². The molecule has 2 atom stereocenters. The van der Waals surface area contributed by atoms with Gasteiger partial charge in [-0.05, 0) is 23.2 Å². The highest BCUT2D eigenvalue weighted by molar-refractivity contribution is 9.11. The molecule has 0 amide bonds. The predicted octanol–water partition coefficient (Wildman–Crippen LogP) is 3.47. The van der Waals surface area contributed by atoms with Gasteiger partial charge in [0.25, 0.3) is 0 Å². The summed E-state index contributed by atoms with van der Waals surface area (Å²) in [6.45, 7) is 5.87. The third-order valence-corrected chi connectivity index (χ3v) is 3.86. The van der Waals surface area contributed by atoms with Crippen LogP contribution < -0.4 is 0 Å². The van der Waals surface area contributed by atoms with Crippen molar-refractivity contribution in [2.75, 3.05) is 0 Å². The minimum absolute atomic E-state index is 0.183. The molecular formula is C11H19BrO. The Balaban J connectivity index is 2.44. The van der Waals surface area contributed by atoms with Crippen LogP contribution in [-0.4, -0.2) is 11.2 Å². The second-order valence-corrected chi connectivity index (χ2v) is 5.14. The molecule has 0 aromatic heterocycles. The van der Waals surface area contributed by atoms with E-state index in [-0.39, 0.29) is 12.0 Å². The lowest BCUT2D eigenvalue weighted by Crippen LogP contribution is -2.29. The van der Waals surface area contributed by atoms with E-state index in [1.807, 2.05) is 6.92 Å². The first-order valence-electron chi connectivity index (χ1n) is 5.15. The monoisotopic (exact) mass is 246 g/mol. The van der Waals surface area contributed by atoms with Crippen molar-refractivity contribution in [1.82, 2.24) is 0 Å². The molecule has 0 radical (unpaired) electrons. The molecule has 0 unspecified atom stereocenters. The second kappa shape index (κ2) is 5.16. The van der Waals surface area contributed by atoms with E-state index in [0.29, 0.717) is 5.92 Å². The molecule has 1 fully saturated rings. The smallest absolute Gasteiger partial charge is 0.0639 e. The Kier molecular flexibility index (Phi) is 4.47. The SMILES string of the molecule is C=C(Br)[C@H](C)[C@H](O)C1CCCCC1. The number of hydrogen-bond acceptors (Lipinski definition) is 1. The molecule has 1 rings (SSSR count). The van der Waals surface area contributed by atoms with E-state index >= 15 is 0 Å². The van der Waals surface area contributed by atoms with E-state index < -0.39 is 0 Å². The van der Waals surface area contributed by atoms with Crippen LogP contribution in [0.25, 0.3) is 0 Å². The van der Waals surface area contributed by atoms with Crippen LogP contribution in [0.4, 0.5) is 0 Å². The minimum Gasteiger partial charge on any atom is -0.392 e. The molecule has 0 spiro atoms. The molecule has 1 saturated carbocycles. The van der Waals surface area contributed by atoms with Crippen LogP contribution in [0.1, 0.15) is 39.0 Å². The maximum atomic E-state index is 10.0. The minimum atomic E-state index is -0.202. The Hall–Kier alpha value is 0.180. The average molecular weight is 247 g/mol. The Morgan fingerprint density at radius 1 is 1.38 bits per heavy atom. The first kappa shape index (κ1) is 11.3. The molecule has 0 saturated heterocycles. The van der Waals surface area contributed by atoms with Crippen molar-refractivity contribution in [3.05, 3.63) is 11.1 Å². The summed E-state index contributed by atoms with van der Waals surface area (Å²) in [7, 11) is 0. The zero-order valence-electron chi connectivity index (χ0n) is 8.30. The molecule has 1 aliphatic rings. The van der Waals surface area contributed by atoms with Gasteiger partial charge in [-0.25, -0.2) is 0 Å². The lowest BCUT2D eigenvalue weighted by Gasteiger charge is -2.30. The van der Waals surface area contributed by atoms with Gasteiger partial charge in [-0.1, -0.05) is 48.7 Å². The Morgan fingerprint density at radius 3 is 2.38 bits per heavy atom. The summed E-state index contributed by atoms with van der Waals surface area (Å²) < 4.78 is 0.922. The average Bonchev–Trinajstić information content (AvgIpc) is 2.17. The maximum Gasteiger partial charge on any atom is 0.0639 e. The fourth-order valence-electron chi connectivity index (χ4n) is 2.07. The quantitative estimate of drug-likeness (QED) is 0.809. The molecule has 2 heteroatoms. The summed E-state index contributed by atoms with van der Waals surface area (Å²) in [5.41, 5.74) is 0. The van der Waals surface area contributed by atoms with Crippen LogP contribution in [0.2, 0.25) is 0 Å². The van der Waals surface area contributed by atoms with Crippen LogP contribution in [0, 0.1) is 11.8 Å². The number of aliphatic hydroxyl groups is 1. The third kappa shape index (κ3) is 3.10. The lowest BCUT2D eigenvalue weighted by molar-refractivity contribution is 0.0549. The first-order valence-corrected chi connectivity index (χ1v) is 5.94. The zero-order chi connectivity index (χ0) is 9.84. The summed E-state index contributed by atoms with van der Waals surface area (Å²) in [6, 6.07) is 0. The molecule has 1 nitrogen and oxygen atoms in total. The highest BCUT2D eigenvalue weighted by Gasteiger charge is 2.26. The third-order valence-electron chi connectivity index (χ3n) is 3.14. The van der Waals surface area contributed by atoms with Crippen LogP contribution in [0.3, 0.4) is 0 Å². The van der Waals surface area contributed by atoms with Crippen LogP contribution in [0.15, 0.2) is 11.1 Å². The van der Waals surface area contributed by atoms with Crippen molar-refractivity contribution in [2.24, 2.45) is 11.8 Å². The number of halogens is 1. The Bertz CT molecular complexity index is 173. The van der Waals surface area contributed by atoms with Crippen LogP contribution >= 0.6 is 15.9 Å². The van der Waals surface area contributed by atoms with Gasteiger partial charge in [0.1, 0.15) is 0 Å². The molecule has 0 aliphatic heterocycles.